The zero-order valence-electron chi connectivity index (χ0n) is 7.78. The lowest BCUT2D eigenvalue weighted by atomic mass is 10.3. The van der Waals surface area contributed by atoms with Crippen molar-refractivity contribution in [1.82, 2.24) is 0 Å². The summed E-state index contributed by atoms with van der Waals surface area (Å²) >= 11 is 9.94. The van der Waals surface area contributed by atoms with Crippen LogP contribution in [0.3, 0.4) is 0 Å². The fourth-order valence-electron chi connectivity index (χ4n) is 1.63. The summed E-state index contributed by atoms with van der Waals surface area (Å²) in [5.74, 6) is -0.482. The topological polar surface area (TPSA) is 20.3 Å². The zero-order chi connectivity index (χ0) is 11.0. The molecule has 1 amide bonds. The summed E-state index contributed by atoms with van der Waals surface area (Å²) < 4.78 is 13.1. The first-order chi connectivity index (χ1) is 7.06. The average molecular weight is 246 g/mol. The number of benzene rings is 1. The summed E-state index contributed by atoms with van der Waals surface area (Å²) in [7, 11) is 0. The largest absolute Gasteiger partial charge is 0.311 e. The number of nitrogens with zero attached hydrogens (tertiary/aromatic N) is 1. The highest BCUT2D eigenvalue weighted by Crippen LogP contribution is 2.27. The summed E-state index contributed by atoms with van der Waals surface area (Å²) in [4.78, 5) is 13.0. The molecule has 1 aliphatic heterocycles. The van der Waals surface area contributed by atoms with Gasteiger partial charge in [0, 0.05) is 28.9 Å². The van der Waals surface area contributed by atoms with Gasteiger partial charge in [-0.1, -0.05) is 11.6 Å². The molecule has 0 spiro atoms. The lowest BCUT2D eigenvalue weighted by Crippen LogP contribution is -2.24. The highest BCUT2D eigenvalue weighted by Gasteiger charge is 2.28. The lowest BCUT2D eigenvalue weighted by molar-refractivity contribution is -0.117. The van der Waals surface area contributed by atoms with Gasteiger partial charge in [-0.3, -0.25) is 4.79 Å². The first kappa shape index (κ1) is 10.8. The highest BCUT2D eigenvalue weighted by molar-refractivity contribution is 7.81. The number of rotatable bonds is 1. The Kier molecular flexibility index (Phi) is 2.89. The van der Waals surface area contributed by atoms with Gasteiger partial charge in [-0.2, -0.15) is 12.6 Å². The Hall–Kier alpha value is -0.740. The monoisotopic (exact) mass is 245 g/mol. The van der Waals surface area contributed by atoms with Gasteiger partial charge < -0.3 is 4.90 Å². The molecule has 2 rings (SSSR count). The van der Waals surface area contributed by atoms with Crippen LogP contribution in [0.2, 0.25) is 5.02 Å². The summed E-state index contributed by atoms with van der Waals surface area (Å²) in [6, 6.07) is 4.09. The molecule has 1 aromatic carbocycles. The van der Waals surface area contributed by atoms with E-state index in [1.165, 1.54) is 17.0 Å². The molecular formula is C10H9ClFNOS. The number of thiol groups is 1. The first-order valence-electron chi connectivity index (χ1n) is 4.51. The van der Waals surface area contributed by atoms with Crippen molar-refractivity contribution in [2.75, 3.05) is 11.4 Å². The molecule has 0 aliphatic carbocycles. The van der Waals surface area contributed by atoms with Crippen molar-refractivity contribution < 1.29 is 9.18 Å². The first-order valence-corrected chi connectivity index (χ1v) is 5.40. The third kappa shape index (κ3) is 2.26. The van der Waals surface area contributed by atoms with E-state index in [0.29, 0.717) is 23.7 Å². The molecule has 1 fully saturated rings. The molecular weight excluding hydrogens is 237 g/mol. The van der Waals surface area contributed by atoms with Crippen molar-refractivity contribution >= 4 is 35.8 Å². The Morgan fingerprint density at radius 2 is 2.20 bits per heavy atom. The maximum absolute atomic E-state index is 13.1. The molecule has 0 radical (unpaired) electrons. The van der Waals surface area contributed by atoms with E-state index in [2.05, 4.69) is 12.6 Å². The summed E-state index contributed by atoms with van der Waals surface area (Å²) in [5.41, 5.74) is 0.501. The molecule has 2 nitrogen and oxygen atoms in total. The number of amides is 1. The standard InChI is InChI=1S/C10H9ClFNOS/c11-6-1-7(12)3-8(2-6)13-5-9(15)4-10(13)14/h1-3,9,15H,4-5H2. The molecule has 0 bridgehead atoms. The fourth-order valence-corrected chi connectivity index (χ4v) is 2.17. The SMILES string of the molecule is O=C1CC(S)CN1c1cc(F)cc(Cl)c1. The van der Waals surface area contributed by atoms with E-state index in [-0.39, 0.29) is 11.2 Å². The third-order valence-corrected chi connectivity index (χ3v) is 2.83. The van der Waals surface area contributed by atoms with E-state index >= 15 is 0 Å². The van der Waals surface area contributed by atoms with Crippen LogP contribution in [0, 0.1) is 5.82 Å². The number of anilines is 1. The molecule has 1 aromatic rings. The number of carbonyl (C=O) groups excluding carboxylic acids is 1. The molecule has 0 saturated carbocycles. The molecule has 0 N–H and O–H groups in total. The van der Waals surface area contributed by atoms with E-state index in [9.17, 15) is 9.18 Å². The lowest BCUT2D eigenvalue weighted by Gasteiger charge is -2.16. The van der Waals surface area contributed by atoms with Gasteiger partial charge in [0.05, 0.1) is 0 Å². The average Bonchev–Trinajstić information content (AvgIpc) is 2.43. The Balaban J connectivity index is 2.33. The Bertz CT molecular complexity index is 392. The van der Waals surface area contributed by atoms with Crippen molar-refractivity contribution in [1.29, 1.82) is 0 Å². The van der Waals surface area contributed by atoms with Gasteiger partial charge in [0.1, 0.15) is 5.82 Å². The second-order valence-electron chi connectivity index (χ2n) is 3.49. The van der Waals surface area contributed by atoms with Crippen molar-refractivity contribution in [3.63, 3.8) is 0 Å². The Morgan fingerprint density at radius 1 is 1.47 bits per heavy atom. The molecule has 1 aliphatic rings. The zero-order valence-corrected chi connectivity index (χ0v) is 9.43. The molecule has 5 heteroatoms. The second-order valence-corrected chi connectivity index (χ2v) is 4.66. The van der Waals surface area contributed by atoms with Crippen LogP contribution < -0.4 is 4.90 Å². The normalized spacial score (nSPS) is 21.1. The van der Waals surface area contributed by atoms with Gasteiger partial charge in [0.2, 0.25) is 5.91 Å². The van der Waals surface area contributed by atoms with Crippen molar-refractivity contribution in [3.05, 3.63) is 29.0 Å². The van der Waals surface area contributed by atoms with Gasteiger partial charge in [0.25, 0.3) is 0 Å². The molecule has 15 heavy (non-hydrogen) atoms. The Morgan fingerprint density at radius 3 is 2.73 bits per heavy atom. The van der Waals surface area contributed by atoms with Gasteiger partial charge in [-0.05, 0) is 18.2 Å². The van der Waals surface area contributed by atoms with Gasteiger partial charge >= 0.3 is 0 Å². The van der Waals surface area contributed by atoms with E-state index < -0.39 is 5.82 Å². The van der Waals surface area contributed by atoms with E-state index in [0.717, 1.165) is 0 Å². The fraction of sp³-hybridized carbons (Fsp3) is 0.300. The number of hydrogen-bond acceptors (Lipinski definition) is 2. The van der Waals surface area contributed by atoms with Gasteiger partial charge in [-0.25, -0.2) is 4.39 Å². The van der Waals surface area contributed by atoms with Crippen LogP contribution in [-0.2, 0) is 4.79 Å². The quantitative estimate of drug-likeness (QED) is 0.754. The number of hydrogen-bond donors (Lipinski definition) is 1. The molecule has 1 saturated heterocycles. The maximum atomic E-state index is 13.1. The van der Waals surface area contributed by atoms with Gasteiger partial charge in [0.15, 0.2) is 0 Å². The second kappa shape index (κ2) is 4.02. The van der Waals surface area contributed by atoms with Crippen molar-refractivity contribution in [2.45, 2.75) is 11.7 Å². The van der Waals surface area contributed by atoms with Crippen molar-refractivity contribution in [2.24, 2.45) is 0 Å². The number of halogens is 2. The van der Waals surface area contributed by atoms with Crippen LogP contribution in [0.4, 0.5) is 10.1 Å². The smallest absolute Gasteiger partial charge is 0.228 e. The summed E-state index contributed by atoms with van der Waals surface area (Å²) in [6.07, 6.45) is 0.386. The predicted molar refractivity (Wildman–Crippen MR) is 61.2 cm³/mol. The molecule has 1 atom stereocenters. The van der Waals surface area contributed by atoms with Crippen molar-refractivity contribution in [3.8, 4) is 0 Å². The van der Waals surface area contributed by atoms with E-state index in [1.807, 2.05) is 0 Å². The van der Waals surface area contributed by atoms with Crippen LogP contribution in [0.5, 0.6) is 0 Å². The summed E-state index contributed by atoms with van der Waals surface area (Å²) in [5, 5.41) is 0.306. The molecule has 1 unspecified atom stereocenters. The third-order valence-electron chi connectivity index (χ3n) is 2.26. The van der Waals surface area contributed by atoms with Crippen LogP contribution in [0.1, 0.15) is 6.42 Å². The predicted octanol–water partition coefficient (Wildman–Crippen LogP) is 2.51. The molecule has 1 heterocycles. The Labute approximate surface area is 97.4 Å². The van der Waals surface area contributed by atoms with E-state index in [4.69, 9.17) is 11.6 Å². The molecule has 80 valence electrons. The highest BCUT2D eigenvalue weighted by atomic mass is 35.5. The van der Waals surface area contributed by atoms with E-state index in [1.54, 1.807) is 6.07 Å². The van der Waals surface area contributed by atoms with Gasteiger partial charge in [-0.15, -0.1) is 0 Å². The summed E-state index contributed by atoms with van der Waals surface area (Å²) in [6.45, 7) is 0.502. The minimum absolute atomic E-state index is 0.0135. The number of carbonyl (C=O) groups is 1. The van der Waals surface area contributed by atoms with Crippen LogP contribution in [0.15, 0.2) is 18.2 Å². The van der Waals surface area contributed by atoms with Crippen LogP contribution >= 0.6 is 24.2 Å². The minimum atomic E-state index is -0.437. The maximum Gasteiger partial charge on any atom is 0.228 e. The minimum Gasteiger partial charge on any atom is -0.311 e. The van der Waals surface area contributed by atoms with Crippen LogP contribution in [-0.4, -0.2) is 17.7 Å². The van der Waals surface area contributed by atoms with Crippen LogP contribution in [0.25, 0.3) is 0 Å². The molecule has 0 aromatic heterocycles.